The number of piperazine rings is 1. The van der Waals surface area contributed by atoms with Gasteiger partial charge in [-0.25, -0.2) is 0 Å². The Hall–Kier alpha value is -3.16. The molecule has 2 fully saturated rings. The van der Waals surface area contributed by atoms with Gasteiger partial charge in [0.15, 0.2) is 11.6 Å². The lowest BCUT2D eigenvalue weighted by Crippen LogP contribution is -2.51. The Balaban J connectivity index is 1.33. The molecule has 2 saturated heterocycles. The first-order valence-corrected chi connectivity index (χ1v) is 11.5. The molecule has 0 radical (unpaired) electrons. The molecular weight excluding hydrogens is 404 g/mol. The molecule has 3 heterocycles. The molecule has 0 bridgehead atoms. The van der Waals surface area contributed by atoms with Crippen molar-refractivity contribution in [3.8, 4) is 0 Å². The smallest absolute Gasteiger partial charge is 0.228 e. The van der Waals surface area contributed by atoms with Crippen molar-refractivity contribution < 1.29 is 9.59 Å². The number of carbonyl (C=O) groups excluding carboxylic acids is 2. The minimum absolute atomic E-state index is 0.0226. The molecule has 2 aliphatic rings. The monoisotopic (exact) mass is 436 g/mol. The zero-order valence-electron chi connectivity index (χ0n) is 19.2. The van der Waals surface area contributed by atoms with E-state index in [0.717, 1.165) is 36.0 Å². The van der Waals surface area contributed by atoms with Gasteiger partial charge in [-0.1, -0.05) is 17.7 Å². The summed E-state index contributed by atoms with van der Waals surface area (Å²) in [5.74, 6) is 1.56. The summed E-state index contributed by atoms with van der Waals surface area (Å²) >= 11 is 0. The molecule has 32 heavy (non-hydrogen) atoms. The standard InChI is InChI=1S/C24H32N6O2/c1-4-27(5-2)21-10-11-22(26-25-21)28-12-14-29(15-13-28)24(32)19-16-23(31)30(17-19)20-8-6-18(3)7-9-20/h6-11,19H,4-5,12-17H2,1-3H3. The average Bonchev–Trinajstić information content (AvgIpc) is 3.22. The molecule has 0 saturated carbocycles. The van der Waals surface area contributed by atoms with Gasteiger partial charge in [-0.15, -0.1) is 10.2 Å². The summed E-state index contributed by atoms with van der Waals surface area (Å²) in [5, 5.41) is 8.78. The van der Waals surface area contributed by atoms with Crippen LogP contribution in [0, 0.1) is 12.8 Å². The first-order valence-electron chi connectivity index (χ1n) is 11.5. The highest BCUT2D eigenvalue weighted by Crippen LogP contribution is 2.27. The number of rotatable bonds is 6. The van der Waals surface area contributed by atoms with Gasteiger partial charge in [0.25, 0.3) is 0 Å². The topological polar surface area (TPSA) is 72.9 Å². The summed E-state index contributed by atoms with van der Waals surface area (Å²) in [5.41, 5.74) is 2.02. The van der Waals surface area contributed by atoms with Gasteiger partial charge in [0.2, 0.25) is 11.8 Å². The molecule has 1 unspecified atom stereocenters. The third-order valence-electron chi connectivity index (χ3n) is 6.46. The summed E-state index contributed by atoms with van der Waals surface area (Å²) in [6.45, 7) is 11.2. The predicted octanol–water partition coefficient (Wildman–Crippen LogP) is 2.33. The molecule has 170 valence electrons. The Morgan fingerprint density at radius 3 is 2.28 bits per heavy atom. The first-order chi connectivity index (χ1) is 15.5. The lowest BCUT2D eigenvalue weighted by atomic mass is 10.1. The summed E-state index contributed by atoms with van der Waals surface area (Å²) < 4.78 is 0. The second-order valence-corrected chi connectivity index (χ2v) is 8.48. The maximum Gasteiger partial charge on any atom is 0.228 e. The lowest BCUT2D eigenvalue weighted by Gasteiger charge is -2.36. The number of amides is 2. The highest BCUT2D eigenvalue weighted by Gasteiger charge is 2.38. The van der Waals surface area contributed by atoms with Crippen molar-refractivity contribution in [2.24, 2.45) is 5.92 Å². The van der Waals surface area contributed by atoms with Crippen LogP contribution in [0.2, 0.25) is 0 Å². The van der Waals surface area contributed by atoms with Crippen molar-refractivity contribution in [2.75, 3.05) is 60.5 Å². The van der Waals surface area contributed by atoms with Crippen LogP contribution in [0.15, 0.2) is 36.4 Å². The van der Waals surface area contributed by atoms with E-state index in [1.807, 2.05) is 48.2 Å². The third kappa shape index (κ3) is 4.54. The maximum atomic E-state index is 13.1. The van der Waals surface area contributed by atoms with Gasteiger partial charge < -0.3 is 19.6 Å². The normalized spacial score (nSPS) is 18.9. The fourth-order valence-corrected chi connectivity index (χ4v) is 4.46. The molecule has 2 aromatic rings. The molecule has 8 nitrogen and oxygen atoms in total. The van der Waals surface area contributed by atoms with Crippen LogP contribution in [0.25, 0.3) is 0 Å². The Morgan fingerprint density at radius 1 is 1.00 bits per heavy atom. The molecular formula is C24H32N6O2. The van der Waals surface area contributed by atoms with Crippen molar-refractivity contribution in [3.63, 3.8) is 0 Å². The van der Waals surface area contributed by atoms with Crippen molar-refractivity contribution in [3.05, 3.63) is 42.0 Å². The highest BCUT2D eigenvalue weighted by atomic mass is 16.2. The second kappa shape index (κ2) is 9.54. The quantitative estimate of drug-likeness (QED) is 0.692. The molecule has 0 aliphatic carbocycles. The van der Waals surface area contributed by atoms with E-state index in [4.69, 9.17) is 0 Å². The fraction of sp³-hybridized carbons (Fsp3) is 0.500. The molecule has 8 heteroatoms. The van der Waals surface area contributed by atoms with E-state index in [1.54, 1.807) is 4.90 Å². The maximum absolute atomic E-state index is 13.1. The van der Waals surface area contributed by atoms with E-state index in [0.29, 0.717) is 32.7 Å². The van der Waals surface area contributed by atoms with Gasteiger partial charge in [0.05, 0.1) is 5.92 Å². The van der Waals surface area contributed by atoms with Crippen LogP contribution in [0.4, 0.5) is 17.3 Å². The van der Waals surface area contributed by atoms with Crippen LogP contribution >= 0.6 is 0 Å². The largest absolute Gasteiger partial charge is 0.356 e. The number of anilines is 3. The number of aromatic nitrogens is 2. The van der Waals surface area contributed by atoms with E-state index >= 15 is 0 Å². The average molecular weight is 437 g/mol. The Morgan fingerprint density at radius 2 is 1.69 bits per heavy atom. The molecule has 1 aromatic heterocycles. The zero-order chi connectivity index (χ0) is 22.7. The van der Waals surface area contributed by atoms with Gasteiger partial charge in [0.1, 0.15) is 0 Å². The van der Waals surface area contributed by atoms with Crippen molar-refractivity contribution in [1.29, 1.82) is 0 Å². The molecule has 2 aliphatic heterocycles. The van der Waals surface area contributed by atoms with Crippen molar-refractivity contribution in [1.82, 2.24) is 15.1 Å². The van der Waals surface area contributed by atoms with E-state index in [-0.39, 0.29) is 24.2 Å². The van der Waals surface area contributed by atoms with Crippen LogP contribution in [0.3, 0.4) is 0 Å². The van der Waals surface area contributed by atoms with Crippen molar-refractivity contribution in [2.45, 2.75) is 27.2 Å². The van der Waals surface area contributed by atoms with E-state index in [2.05, 4.69) is 33.8 Å². The molecule has 1 atom stereocenters. The molecule has 0 N–H and O–H groups in total. The number of carbonyl (C=O) groups is 2. The third-order valence-corrected chi connectivity index (χ3v) is 6.46. The molecule has 4 rings (SSSR count). The zero-order valence-corrected chi connectivity index (χ0v) is 19.2. The van der Waals surface area contributed by atoms with Crippen molar-refractivity contribution >= 4 is 29.1 Å². The number of benzene rings is 1. The van der Waals surface area contributed by atoms with Gasteiger partial charge >= 0.3 is 0 Å². The van der Waals surface area contributed by atoms with E-state index in [9.17, 15) is 9.59 Å². The Kier molecular flexibility index (Phi) is 6.58. The number of nitrogens with zero attached hydrogens (tertiary/aromatic N) is 6. The van der Waals surface area contributed by atoms with Crippen LogP contribution < -0.4 is 14.7 Å². The minimum atomic E-state index is -0.275. The Bertz CT molecular complexity index is 934. The minimum Gasteiger partial charge on any atom is -0.356 e. The molecule has 0 spiro atoms. The van der Waals surface area contributed by atoms with E-state index < -0.39 is 0 Å². The highest BCUT2D eigenvalue weighted by molar-refractivity contribution is 6.00. The number of hydrogen-bond donors (Lipinski definition) is 0. The van der Waals surface area contributed by atoms with Crippen LogP contribution in [0.1, 0.15) is 25.8 Å². The van der Waals surface area contributed by atoms with Gasteiger partial charge in [-0.2, -0.15) is 0 Å². The fourth-order valence-electron chi connectivity index (χ4n) is 4.46. The van der Waals surface area contributed by atoms with Gasteiger partial charge in [-0.3, -0.25) is 9.59 Å². The summed E-state index contributed by atoms with van der Waals surface area (Å²) in [6, 6.07) is 11.9. The predicted molar refractivity (Wildman–Crippen MR) is 126 cm³/mol. The second-order valence-electron chi connectivity index (χ2n) is 8.48. The summed E-state index contributed by atoms with van der Waals surface area (Å²) in [4.78, 5) is 33.6. The van der Waals surface area contributed by atoms with Gasteiger partial charge in [0, 0.05) is 57.9 Å². The van der Waals surface area contributed by atoms with Crippen LogP contribution in [0.5, 0.6) is 0 Å². The first kappa shape index (κ1) is 22.0. The number of hydrogen-bond acceptors (Lipinski definition) is 6. The Labute approximate surface area is 189 Å². The molecule has 1 aromatic carbocycles. The summed E-state index contributed by atoms with van der Waals surface area (Å²) in [7, 11) is 0. The SMILES string of the molecule is CCN(CC)c1ccc(N2CCN(C(=O)C3CC(=O)N(c4ccc(C)cc4)C3)CC2)nn1. The van der Waals surface area contributed by atoms with Gasteiger partial charge in [-0.05, 0) is 45.0 Å². The van der Waals surface area contributed by atoms with E-state index in [1.165, 1.54) is 0 Å². The molecule has 2 amide bonds. The van der Waals surface area contributed by atoms with Crippen LogP contribution in [-0.4, -0.2) is 72.7 Å². The summed E-state index contributed by atoms with van der Waals surface area (Å²) in [6.07, 6.45) is 0.283. The number of aryl methyl sites for hydroxylation is 1. The lowest BCUT2D eigenvalue weighted by molar-refractivity contribution is -0.136. The van der Waals surface area contributed by atoms with Crippen LogP contribution in [-0.2, 0) is 9.59 Å².